The second-order valence-corrected chi connectivity index (χ2v) is 12.0. The first-order valence-corrected chi connectivity index (χ1v) is 13.7. The molecule has 10 heteroatoms. The summed E-state index contributed by atoms with van der Waals surface area (Å²) >= 11 is -4.33. The fourth-order valence-electron chi connectivity index (χ4n) is 2.43. The van der Waals surface area contributed by atoms with Crippen LogP contribution in [0.25, 0.3) is 0 Å². The summed E-state index contributed by atoms with van der Waals surface area (Å²) < 4.78 is 15.6. The number of hydrogen-bond donors (Lipinski definition) is 3. The first kappa shape index (κ1) is 27.2. The second-order valence-electron chi connectivity index (χ2n) is 8.31. The van der Waals surface area contributed by atoms with Gasteiger partial charge in [0.1, 0.15) is 0 Å². The molecule has 28 heavy (non-hydrogen) atoms. The van der Waals surface area contributed by atoms with Gasteiger partial charge in [0.05, 0.1) is 0 Å². The van der Waals surface area contributed by atoms with Crippen LogP contribution in [0.1, 0.15) is 60.8 Å². The predicted octanol–water partition coefficient (Wildman–Crippen LogP) is 0.721. The van der Waals surface area contributed by atoms with Gasteiger partial charge >= 0.3 is 177 Å². The molecule has 0 saturated carbocycles. The van der Waals surface area contributed by atoms with Crippen molar-refractivity contribution in [3.63, 3.8) is 0 Å². The SMILES string of the molecule is CC(C)C[C@H](N)C(=O)[O][In]([O]C(=O)[C@@H](N)CC(C)C)[O]C(=O)[C@@H](N)CC(C)C. The van der Waals surface area contributed by atoms with Crippen LogP contribution in [0.4, 0.5) is 0 Å². The molecule has 0 heterocycles. The zero-order valence-corrected chi connectivity index (χ0v) is 21.1. The van der Waals surface area contributed by atoms with E-state index >= 15 is 0 Å². The van der Waals surface area contributed by atoms with Gasteiger partial charge in [0, 0.05) is 0 Å². The third-order valence-electron chi connectivity index (χ3n) is 3.72. The number of hydrogen-bond acceptors (Lipinski definition) is 9. The third-order valence-corrected chi connectivity index (χ3v) is 7.36. The van der Waals surface area contributed by atoms with E-state index in [2.05, 4.69) is 0 Å². The Bertz CT molecular complexity index is 444. The molecule has 0 saturated heterocycles. The van der Waals surface area contributed by atoms with Gasteiger partial charge in [0.25, 0.3) is 0 Å². The van der Waals surface area contributed by atoms with Gasteiger partial charge in [-0.25, -0.2) is 0 Å². The quantitative estimate of drug-likeness (QED) is 0.348. The van der Waals surface area contributed by atoms with Crippen molar-refractivity contribution in [2.45, 2.75) is 78.9 Å². The molecule has 0 aliphatic heterocycles. The summed E-state index contributed by atoms with van der Waals surface area (Å²) in [7, 11) is 0. The Kier molecular flexibility index (Phi) is 13.0. The molecule has 0 radical (unpaired) electrons. The molecule has 0 aromatic rings. The molecular weight excluding hydrogens is 469 g/mol. The number of nitrogens with two attached hydrogens (primary N) is 3. The molecule has 0 aromatic carbocycles. The molecule has 162 valence electrons. The molecule has 0 rings (SSSR count). The molecule has 9 nitrogen and oxygen atoms in total. The van der Waals surface area contributed by atoms with Crippen LogP contribution in [0.3, 0.4) is 0 Å². The first-order chi connectivity index (χ1) is 12.8. The van der Waals surface area contributed by atoms with E-state index < -0.39 is 58.8 Å². The van der Waals surface area contributed by atoms with Crippen LogP contribution >= 0.6 is 0 Å². The second kappa shape index (κ2) is 13.4. The third kappa shape index (κ3) is 11.9. The van der Waals surface area contributed by atoms with Crippen molar-refractivity contribution in [2.75, 3.05) is 0 Å². The predicted molar refractivity (Wildman–Crippen MR) is 106 cm³/mol. The number of rotatable bonds is 12. The van der Waals surface area contributed by atoms with E-state index in [1.54, 1.807) is 0 Å². The van der Waals surface area contributed by atoms with E-state index in [0.29, 0.717) is 19.3 Å². The summed E-state index contributed by atoms with van der Waals surface area (Å²) in [5.74, 6) is -1.78. The molecule has 0 unspecified atom stereocenters. The average Bonchev–Trinajstić information content (AvgIpc) is 2.52. The standard InChI is InChI=1S/3C6H13NO2.In/c3*1-4(2)3-5(7)6(8)9;/h3*4-5H,3,7H2,1-2H3,(H,8,9);/q;;;+3/p-3/t3*5-;/m000./s1. The minimum atomic E-state index is -4.33. The normalized spacial score (nSPS) is 14.6. The molecule has 0 aliphatic carbocycles. The van der Waals surface area contributed by atoms with Crippen LogP contribution in [0.2, 0.25) is 0 Å². The van der Waals surface area contributed by atoms with Crippen molar-refractivity contribution in [1.29, 1.82) is 0 Å². The Morgan fingerprint density at radius 2 is 0.821 bits per heavy atom. The molecule has 0 bridgehead atoms. The molecule has 6 N–H and O–H groups in total. The van der Waals surface area contributed by atoms with Gasteiger partial charge < -0.3 is 0 Å². The van der Waals surface area contributed by atoms with Gasteiger partial charge in [0.15, 0.2) is 0 Å². The summed E-state index contributed by atoms with van der Waals surface area (Å²) in [4.78, 5) is 36.6. The summed E-state index contributed by atoms with van der Waals surface area (Å²) in [6, 6.07) is -2.69. The summed E-state index contributed by atoms with van der Waals surface area (Å²) in [6.07, 6.45) is 1.16. The van der Waals surface area contributed by atoms with Crippen molar-refractivity contribution >= 4 is 40.7 Å². The Morgan fingerprint density at radius 1 is 0.607 bits per heavy atom. The monoisotopic (exact) mass is 505 g/mol. The Balaban J connectivity index is 5.12. The molecule has 0 spiro atoms. The van der Waals surface area contributed by atoms with E-state index in [-0.39, 0.29) is 17.8 Å². The molecule has 0 amide bonds. The Morgan fingerprint density at radius 3 is 1.00 bits per heavy atom. The van der Waals surface area contributed by atoms with Crippen LogP contribution < -0.4 is 17.2 Å². The van der Waals surface area contributed by atoms with Crippen LogP contribution in [-0.2, 0) is 22.9 Å². The fraction of sp³-hybridized carbons (Fsp3) is 0.833. The van der Waals surface area contributed by atoms with Gasteiger partial charge in [-0.3, -0.25) is 0 Å². The van der Waals surface area contributed by atoms with Crippen molar-refractivity contribution < 1.29 is 22.9 Å². The zero-order valence-electron chi connectivity index (χ0n) is 17.8. The van der Waals surface area contributed by atoms with Crippen molar-refractivity contribution in [2.24, 2.45) is 35.0 Å². The van der Waals surface area contributed by atoms with Crippen molar-refractivity contribution in [3.05, 3.63) is 0 Å². The molecule has 0 aromatic heterocycles. The average molecular weight is 505 g/mol. The maximum absolute atomic E-state index is 12.2. The zero-order chi connectivity index (χ0) is 22.0. The van der Waals surface area contributed by atoms with Crippen LogP contribution in [0.5, 0.6) is 0 Å². The summed E-state index contributed by atoms with van der Waals surface area (Å²) in [5.41, 5.74) is 17.4. The van der Waals surface area contributed by atoms with Crippen molar-refractivity contribution in [3.8, 4) is 0 Å². The van der Waals surface area contributed by atoms with E-state index in [1.807, 2.05) is 41.5 Å². The van der Waals surface area contributed by atoms with Gasteiger partial charge in [-0.15, -0.1) is 0 Å². The van der Waals surface area contributed by atoms with Crippen molar-refractivity contribution in [1.82, 2.24) is 0 Å². The Labute approximate surface area is 177 Å². The number of carbonyl (C=O) groups excluding carboxylic acids is 3. The topological polar surface area (TPSA) is 157 Å². The van der Waals surface area contributed by atoms with Gasteiger partial charge in [-0.2, -0.15) is 0 Å². The molecule has 0 fully saturated rings. The van der Waals surface area contributed by atoms with E-state index in [1.165, 1.54) is 0 Å². The summed E-state index contributed by atoms with van der Waals surface area (Å²) in [5, 5.41) is 0. The molecule has 0 aliphatic rings. The van der Waals surface area contributed by atoms with E-state index in [9.17, 15) is 14.4 Å². The van der Waals surface area contributed by atoms with Gasteiger partial charge in [0.2, 0.25) is 0 Å². The first-order valence-electron chi connectivity index (χ1n) is 9.71. The number of carbonyl (C=O) groups is 3. The van der Waals surface area contributed by atoms with Crippen LogP contribution in [0, 0.1) is 17.8 Å². The Hall–Kier alpha value is -0.840. The van der Waals surface area contributed by atoms with Crippen LogP contribution in [-0.4, -0.2) is 58.8 Å². The molecular formula is C18H36InN3O6. The fourth-order valence-corrected chi connectivity index (χ4v) is 5.96. The minimum absolute atomic E-state index is 0.167. The van der Waals surface area contributed by atoms with Gasteiger partial charge in [-0.1, -0.05) is 0 Å². The maximum atomic E-state index is 12.2. The van der Waals surface area contributed by atoms with E-state index in [0.717, 1.165) is 0 Å². The molecule has 3 atom stereocenters. The van der Waals surface area contributed by atoms with Gasteiger partial charge in [-0.05, 0) is 0 Å². The van der Waals surface area contributed by atoms with Crippen LogP contribution in [0.15, 0.2) is 0 Å². The summed E-state index contributed by atoms with van der Waals surface area (Å²) in [6.45, 7) is 11.4. The van der Waals surface area contributed by atoms with E-state index in [4.69, 9.17) is 25.8 Å².